The fraction of sp³-hybridized carbons (Fsp3) is 0.500. The molecule has 0 saturated heterocycles. The third kappa shape index (κ3) is 4.99. The first-order valence-electron chi connectivity index (χ1n) is 7.53. The van der Waals surface area contributed by atoms with Gasteiger partial charge in [0.05, 0.1) is 5.69 Å². The number of anilines is 1. The van der Waals surface area contributed by atoms with Crippen LogP contribution in [-0.4, -0.2) is 30.1 Å². The van der Waals surface area contributed by atoms with E-state index in [-0.39, 0.29) is 18.6 Å². The lowest BCUT2D eigenvalue weighted by Gasteiger charge is -2.31. The molecule has 7 heteroatoms. The second-order valence-electron chi connectivity index (χ2n) is 5.42. The van der Waals surface area contributed by atoms with Crippen molar-refractivity contribution in [2.24, 2.45) is 5.41 Å². The number of rotatable bonds is 7. The van der Waals surface area contributed by atoms with Gasteiger partial charge in [-0.05, 0) is 36.8 Å². The first-order chi connectivity index (χ1) is 10.9. The highest BCUT2D eigenvalue weighted by atomic mass is 19.2. The molecule has 1 aromatic carbocycles. The second kappa shape index (κ2) is 8.57. The number of carbonyl (C=O) groups is 2. The number of carbonyl (C=O) groups excluding carboxylic acids is 2. The van der Waals surface area contributed by atoms with E-state index in [1.54, 1.807) is 0 Å². The Labute approximate surface area is 134 Å². The van der Waals surface area contributed by atoms with E-state index >= 15 is 0 Å². The van der Waals surface area contributed by atoms with Crippen molar-refractivity contribution in [3.05, 3.63) is 29.8 Å². The molecule has 0 atom stereocenters. The number of amides is 2. The average molecular weight is 328 g/mol. The number of aliphatic hydroxyl groups is 1. The van der Waals surface area contributed by atoms with Gasteiger partial charge in [-0.2, -0.15) is 0 Å². The van der Waals surface area contributed by atoms with Crippen molar-refractivity contribution in [1.82, 2.24) is 5.32 Å². The Morgan fingerprint density at radius 2 is 1.83 bits per heavy atom. The first-order valence-corrected chi connectivity index (χ1v) is 7.53. The first kappa shape index (κ1) is 19.0. The van der Waals surface area contributed by atoms with Crippen LogP contribution in [0.2, 0.25) is 0 Å². The number of nitrogens with one attached hydrogen (secondary N) is 2. The Morgan fingerprint density at radius 3 is 2.39 bits per heavy atom. The van der Waals surface area contributed by atoms with Crippen molar-refractivity contribution < 1.29 is 23.5 Å². The largest absolute Gasteiger partial charge is 0.396 e. The minimum absolute atomic E-state index is 0.0156. The molecule has 23 heavy (non-hydrogen) atoms. The molecule has 0 aliphatic carbocycles. The van der Waals surface area contributed by atoms with Crippen LogP contribution >= 0.6 is 0 Å². The van der Waals surface area contributed by atoms with Crippen LogP contribution in [0.1, 0.15) is 33.1 Å². The smallest absolute Gasteiger partial charge is 0.313 e. The molecule has 0 bridgehead atoms. The molecule has 128 valence electrons. The van der Waals surface area contributed by atoms with E-state index in [9.17, 15) is 18.4 Å². The lowest BCUT2D eigenvalue weighted by Crippen LogP contribution is -2.42. The van der Waals surface area contributed by atoms with Gasteiger partial charge in [0, 0.05) is 13.2 Å². The summed E-state index contributed by atoms with van der Waals surface area (Å²) in [5, 5.41) is 13.6. The van der Waals surface area contributed by atoms with Crippen LogP contribution in [0, 0.1) is 17.0 Å². The second-order valence-corrected chi connectivity index (χ2v) is 5.42. The Kier molecular flexibility index (Phi) is 7.09. The summed E-state index contributed by atoms with van der Waals surface area (Å²) in [6, 6.07) is 3.31. The highest BCUT2D eigenvalue weighted by Crippen LogP contribution is 2.29. The maximum Gasteiger partial charge on any atom is 0.313 e. The summed E-state index contributed by atoms with van der Waals surface area (Å²) in [5.74, 6) is -4.33. The van der Waals surface area contributed by atoms with Crippen molar-refractivity contribution >= 4 is 17.5 Å². The summed E-state index contributed by atoms with van der Waals surface area (Å²) in [4.78, 5) is 23.6. The maximum atomic E-state index is 13.5. The standard InChI is InChI=1S/C16H22F2N2O3/c1-3-16(4-2,8-9-21)10-19-14(22)15(23)20-12-7-5-6-11(17)13(12)18/h5-7,21H,3-4,8-10H2,1-2H3,(H,19,22)(H,20,23). The van der Waals surface area contributed by atoms with E-state index in [2.05, 4.69) is 5.32 Å². The molecule has 0 saturated carbocycles. The van der Waals surface area contributed by atoms with Gasteiger partial charge in [0.1, 0.15) is 0 Å². The minimum atomic E-state index is -1.22. The Bertz CT molecular complexity index is 560. The van der Waals surface area contributed by atoms with Gasteiger partial charge in [0.2, 0.25) is 0 Å². The molecular weight excluding hydrogens is 306 g/mol. The van der Waals surface area contributed by atoms with Gasteiger partial charge in [0.25, 0.3) is 0 Å². The number of aliphatic hydroxyl groups excluding tert-OH is 1. The number of halogens is 2. The lowest BCUT2D eigenvalue weighted by atomic mass is 9.79. The van der Waals surface area contributed by atoms with Gasteiger partial charge in [-0.1, -0.05) is 19.9 Å². The van der Waals surface area contributed by atoms with Crippen molar-refractivity contribution in [3.8, 4) is 0 Å². The van der Waals surface area contributed by atoms with E-state index in [0.29, 0.717) is 6.42 Å². The fourth-order valence-electron chi connectivity index (χ4n) is 2.31. The molecule has 1 aromatic rings. The molecule has 1 rings (SSSR count). The topological polar surface area (TPSA) is 78.4 Å². The van der Waals surface area contributed by atoms with Gasteiger partial charge in [-0.3, -0.25) is 9.59 Å². The average Bonchev–Trinajstić information content (AvgIpc) is 2.55. The Balaban J connectivity index is 2.67. The van der Waals surface area contributed by atoms with Crippen LogP contribution in [0.3, 0.4) is 0 Å². The molecule has 0 unspecified atom stereocenters. The van der Waals surface area contributed by atoms with E-state index < -0.39 is 29.1 Å². The molecule has 3 N–H and O–H groups in total. The van der Waals surface area contributed by atoms with Gasteiger partial charge < -0.3 is 15.7 Å². The third-order valence-electron chi connectivity index (χ3n) is 4.17. The summed E-state index contributed by atoms with van der Waals surface area (Å²) in [5.41, 5.74) is -0.688. The highest BCUT2D eigenvalue weighted by molar-refractivity contribution is 6.39. The summed E-state index contributed by atoms with van der Waals surface area (Å²) in [6.45, 7) is 4.08. The highest BCUT2D eigenvalue weighted by Gasteiger charge is 2.27. The summed E-state index contributed by atoms with van der Waals surface area (Å²) < 4.78 is 26.5. The van der Waals surface area contributed by atoms with Gasteiger partial charge >= 0.3 is 11.8 Å². The zero-order chi connectivity index (χ0) is 17.5. The zero-order valence-corrected chi connectivity index (χ0v) is 13.3. The normalized spacial score (nSPS) is 11.2. The molecule has 0 spiro atoms. The maximum absolute atomic E-state index is 13.5. The Hall–Kier alpha value is -2.02. The minimum Gasteiger partial charge on any atom is -0.396 e. The predicted molar refractivity (Wildman–Crippen MR) is 82.7 cm³/mol. The fourth-order valence-corrected chi connectivity index (χ4v) is 2.31. The van der Waals surface area contributed by atoms with E-state index in [1.807, 2.05) is 19.2 Å². The lowest BCUT2D eigenvalue weighted by molar-refractivity contribution is -0.136. The van der Waals surface area contributed by atoms with Gasteiger partial charge in [-0.15, -0.1) is 0 Å². The summed E-state index contributed by atoms with van der Waals surface area (Å²) in [6.07, 6.45) is 1.95. The van der Waals surface area contributed by atoms with Crippen LogP contribution in [0.4, 0.5) is 14.5 Å². The molecule has 5 nitrogen and oxygen atoms in total. The molecule has 0 heterocycles. The van der Waals surface area contributed by atoms with Crippen LogP contribution in [0.5, 0.6) is 0 Å². The van der Waals surface area contributed by atoms with Crippen LogP contribution in [0.25, 0.3) is 0 Å². The van der Waals surface area contributed by atoms with Crippen molar-refractivity contribution in [2.45, 2.75) is 33.1 Å². The summed E-state index contributed by atoms with van der Waals surface area (Å²) >= 11 is 0. The summed E-state index contributed by atoms with van der Waals surface area (Å²) in [7, 11) is 0. The number of hydrogen-bond acceptors (Lipinski definition) is 3. The van der Waals surface area contributed by atoms with E-state index in [4.69, 9.17) is 5.11 Å². The van der Waals surface area contributed by atoms with Crippen LogP contribution < -0.4 is 10.6 Å². The van der Waals surface area contributed by atoms with Crippen molar-refractivity contribution in [1.29, 1.82) is 0 Å². The van der Waals surface area contributed by atoms with E-state index in [1.165, 1.54) is 6.07 Å². The molecular formula is C16H22F2N2O3. The molecule has 0 radical (unpaired) electrons. The molecule has 0 aliphatic rings. The van der Waals surface area contributed by atoms with Gasteiger partial charge in [0.15, 0.2) is 11.6 Å². The Morgan fingerprint density at radius 1 is 1.17 bits per heavy atom. The SMILES string of the molecule is CCC(CC)(CCO)CNC(=O)C(=O)Nc1cccc(F)c1F. The molecule has 0 aromatic heterocycles. The molecule has 0 aliphatic heterocycles. The van der Waals surface area contributed by atoms with Crippen LogP contribution in [0.15, 0.2) is 18.2 Å². The monoisotopic (exact) mass is 328 g/mol. The predicted octanol–water partition coefficient (Wildman–Crippen LogP) is 2.21. The van der Waals surface area contributed by atoms with Gasteiger partial charge in [-0.25, -0.2) is 8.78 Å². The van der Waals surface area contributed by atoms with Crippen molar-refractivity contribution in [2.75, 3.05) is 18.5 Å². The third-order valence-corrected chi connectivity index (χ3v) is 4.17. The van der Waals surface area contributed by atoms with Crippen LogP contribution in [-0.2, 0) is 9.59 Å². The van der Waals surface area contributed by atoms with Crippen molar-refractivity contribution in [3.63, 3.8) is 0 Å². The number of benzene rings is 1. The number of hydrogen-bond donors (Lipinski definition) is 3. The molecule has 0 fully saturated rings. The van der Waals surface area contributed by atoms with E-state index in [0.717, 1.165) is 25.0 Å². The zero-order valence-electron chi connectivity index (χ0n) is 13.3. The molecule has 2 amide bonds. The quantitative estimate of drug-likeness (QED) is 0.672.